The van der Waals surface area contributed by atoms with E-state index in [1.54, 1.807) is 35.1 Å². The molecule has 2 heterocycles. The van der Waals surface area contributed by atoms with E-state index >= 15 is 0 Å². The van der Waals surface area contributed by atoms with Gasteiger partial charge in [0.05, 0.1) is 16.9 Å². The first-order chi connectivity index (χ1) is 11.6. The van der Waals surface area contributed by atoms with Crippen molar-refractivity contribution in [3.8, 4) is 11.3 Å². The Hall–Kier alpha value is -2.31. The largest absolute Gasteiger partial charge is 0.347 e. The molecular formula is C16H15Cl2N5O. The van der Waals surface area contributed by atoms with Gasteiger partial charge in [-0.05, 0) is 31.2 Å². The lowest BCUT2D eigenvalue weighted by atomic mass is 10.1. The molecule has 0 aliphatic rings. The molecule has 3 rings (SSSR count). The minimum atomic E-state index is -0.247. The summed E-state index contributed by atoms with van der Waals surface area (Å²) >= 11 is 12.1. The molecule has 0 saturated heterocycles. The number of hydrogen-bond acceptors (Lipinski definition) is 3. The van der Waals surface area contributed by atoms with Crippen LogP contribution >= 0.6 is 23.2 Å². The Labute approximate surface area is 148 Å². The number of aryl methyl sites for hydroxylation is 1. The Morgan fingerprint density at radius 1 is 1.33 bits per heavy atom. The first-order valence-electron chi connectivity index (χ1n) is 7.37. The van der Waals surface area contributed by atoms with E-state index in [4.69, 9.17) is 23.2 Å². The zero-order valence-corrected chi connectivity index (χ0v) is 14.4. The summed E-state index contributed by atoms with van der Waals surface area (Å²) in [6.45, 7) is 3.19. The number of carbonyl (C=O) groups is 1. The van der Waals surface area contributed by atoms with Gasteiger partial charge in [-0.25, -0.2) is 0 Å². The topological polar surface area (TPSA) is 75.6 Å². The van der Waals surface area contributed by atoms with Crippen LogP contribution in [0.25, 0.3) is 11.3 Å². The van der Waals surface area contributed by atoms with Gasteiger partial charge in [-0.1, -0.05) is 23.2 Å². The van der Waals surface area contributed by atoms with Crippen LogP contribution in [0.4, 0.5) is 0 Å². The van der Waals surface area contributed by atoms with Gasteiger partial charge in [0.2, 0.25) is 0 Å². The number of H-pyrrole nitrogens is 1. The van der Waals surface area contributed by atoms with E-state index in [1.165, 1.54) is 0 Å². The van der Waals surface area contributed by atoms with Crippen LogP contribution in [0.5, 0.6) is 0 Å². The van der Waals surface area contributed by atoms with Crippen molar-refractivity contribution in [1.82, 2.24) is 25.3 Å². The van der Waals surface area contributed by atoms with E-state index in [1.807, 2.05) is 13.1 Å². The Morgan fingerprint density at radius 3 is 2.88 bits per heavy atom. The Kier molecular flexibility index (Phi) is 4.87. The maximum Gasteiger partial charge on any atom is 0.269 e. The summed E-state index contributed by atoms with van der Waals surface area (Å²) < 4.78 is 1.80. The van der Waals surface area contributed by atoms with Crippen LogP contribution < -0.4 is 5.32 Å². The second-order valence-corrected chi connectivity index (χ2v) is 6.02. The molecular weight excluding hydrogens is 349 g/mol. The van der Waals surface area contributed by atoms with Crippen molar-refractivity contribution in [1.29, 1.82) is 0 Å². The lowest BCUT2D eigenvalue weighted by Crippen LogP contribution is -2.22. The van der Waals surface area contributed by atoms with Gasteiger partial charge in [0.1, 0.15) is 5.69 Å². The van der Waals surface area contributed by atoms with Crippen LogP contribution in [0.15, 0.2) is 36.7 Å². The SMILES string of the molecule is CCn1cc(CNC(=O)c2cc(-c3ccc(Cl)cc3Cl)n[nH]2)cn1. The second-order valence-electron chi connectivity index (χ2n) is 5.18. The van der Waals surface area contributed by atoms with E-state index in [-0.39, 0.29) is 5.91 Å². The minimum absolute atomic E-state index is 0.247. The molecule has 0 aliphatic heterocycles. The summed E-state index contributed by atoms with van der Waals surface area (Å²) in [6.07, 6.45) is 3.63. The average molecular weight is 364 g/mol. The van der Waals surface area contributed by atoms with Gasteiger partial charge in [0, 0.05) is 35.4 Å². The van der Waals surface area contributed by atoms with Gasteiger partial charge in [-0.2, -0.15) is 10.2 Å². The number of amides is 1. The molecule has 24 heavy (non-hydrogen) atoms. The molecule has 2 N–H and O–H groups in total. The van der Waals surface area contributed by atoms with Gasteiger partial charge in [-0.15, -0.1) is 0 Å². The highest BCUT2D eigenvalue weighted by molar-refractivity contribution is 6.36. The van der Waals surface area contributed by atoms with E-state index in [2.05, 4.69) is 20.6 Å². The molecule has 0 unspecified atom stereocenters. The molecule has 0 atom stereocenters. The number of halogens is 2. The second kappa shape index (κ2) is 7.07. The molecule has 6 nitrogen and oxygen atoms in total. The number of benzene rings is 1. The number of carbonyl (C=O) groups excluding carboxylic acids is 1. The van der Waals surface area contributed by atoms with Gasteiger partial charge < -0.3 is 5.32 Å². The number of nitrogens with one attached hydrogen (secondary N) is 2. The highest BCUT2D eigenvalue weighted by Crippen LogP contribution is 2.29. The van der Waals surface area contributed by atoms with E-state index in [0.717, 1.165) is 12.1 Å². The fourth-order valence-corrected chi connectivity index (χ4v) is 2.73. The van der Waals surface area contributed by atoms with Crippen molar-refractivity contribution >= 4 is 29.1 Å². The van der Waals surface area contributed by atoms with E-state index < -0.39 is 0 Å². The fraction of sp³-hybridized carbons (Fsp3) is 0.188. The lowest BCUT2D eigenvalue weighted by molar-refractivity contribution is 0.0946. The maximum absolute atomic E-state index is 12.2. The molecule has 0 saturated carbocycles. The number of hydrogen-bond donors (Lipinski definition) is 2. The van der Waals surface area contributed by atoms with Gasteiger partial charge >= 0.3 is 0 Å². The molecule has 2 aromatic heterocycles. The predicted molar refractivity (Wildman–Crippen MR) is 93.1 cm³/mol. The summed E-state index contributed by atoms with van der Waals surface area (Å²) in [5, 5.41) is 14.9. The first-order valence-corrected chi connectivity index (χ1v) is 8.12. The monoisotopic (exact) mass is 363 g/mol. The summed E-state index contributed by atoms with van der Waals surface area (Å²) in [4.78, 5) is 12.2. The third kappa shape index (κ3) is 3.60. The minimum Gasteiger partial charge on any atom is -0.347 e. The highest BCUT2D eigenvalue weighted by Gasteiger charge is 2.13. The maximum atomic E-state index is 12.2. The Balaban J connectivity index is 1.69. The number of aromatic amines is 1. The number of rotatable bonds is 5. The van der Waals surface area contributed by atoms with Crippen LogP contribution in [-0.4, -0.2) is 25.9 Å². The third-order valence-electron chi connectivity index (χ3n) is 3.49. The molecule has 1 aromatic carbocycles. The third-order valence-corrected chi connectivity index (χ3v) is 4.04. The summed E-state index contributed by atoms with van der Waals surface area (Å²) in [6, 6.07) is 6.78. The standard InChI is InChI=1S/C16H15Cl2N5O/c1-2-23-9-10(8-20-23)7-19-16(24)15-6-14(21-22-15)12-4-3-11(17)5-13(12)18/h3-6,8-9H,2,7H2,1H3,(H,19,24)(H,21,22). The molecule has 1 amide bonds. The van der Waals surface area contributed by atoms with E-state index in [0.29, 0.717) is 33.5 Å². The van der Waals surface area contributed by atoms with E-state index in [9.17, 15) is 4.79 Å². The van der Waals surface area contributed by atoms with Crippen molar-refractivity contribution in [3.63, 3.8) is 0 Å². The number of nitrogens with zero attached hydrogens (tertiary/aromatic N) is 3. The summed E-state index contributed by atoms with van der Waals surface area (Å²) in [5.41, 5.74) is 2.59. The zero-order valence-electron chi connectivity index (χ0n) is 12.9. The quantitative estimate of drug-likeness (QED) is 0.727. The molecule has 0 aliphatic carbocycles. The van der Waals surface area contributed by atoms with Crippen molar-refractivity contribution < 1.29 is 4.79 Å². The van der Waals surface area contributed by atoms with Crippen molar-refractivity contribution in [3.05, 3.63) is 58.0 Å². The molecule has 124 valence electrons. The summed E-state index contributed by atoms with van der Waals surface area (Å²) in [5.74, 6) is -0.247. The normalized spacial score (nSPS) is 10.8. The van der Waals surface area contributed by atoms with Crippen LogP contribution in [0.1, 0.15) is 23.0 Å². The average Bonchev–Trinajstić information content (AvgIpc) is 3.22. The lowest BCUT2D eigenvalue weighted by Gasteiger charge is -2.01. The van der Waals surface area contributed by atoms with Gasteiger partial charge in [0.15, 0.2) is 0 Å². The van der Waals surface area contributed by atoms with Crippen molar-refractivity contribution in [2.75, 3.05) is 0 Å². The van der Waals surface area contributed by atoms with Crippen LogP contribution in [0.2, 0.25) is 10.0 Å². The van der Waals surface area contributed by atoms with Crippen molar-refractivity contribution in [2.45, 2.75) is 20.0 Å². The molecule has 0 bridgehead atoms. The fourth-order valence-electron chi connectivity index (χ4n) is 2.22. The van der Waals surface area contributed by atoms with Crippen LogP contribution in [0.3, 0.4) is 0 Å². The molecule has 0 spiro atoms. The smallest absolute Gasteiger partial charge is 0.269 e. The molecule has 0 radical (unpaired) electrons. The zero-order chi connectivity index (χ0) is 17.1. The first kappa shape index (κ1) is 16.5. The Morgan fingerprint density at radius 2 is 2.17 bits per heavy atom. The van der Waals surface area contributed by atoms with Crippen LogP contribution in [0, 0.1) is 0 Å². The van der Waals surface area contributed by atoms with Crippen molar-refractivity contribution in [2.24, 2.45) is 0 Å². The Bertz CT molecular complexity index is 871. The number of aromatic nitrogens is 4. The predicted octanol–water partition coefficient (Wildman–Crippen LogP) is 3.53. The summed E-state index contributed by atoms with van der Waals surface area (Å²) in [7, 11) is 0. The van der Waals surface area contributed by atoms with Gasteiger partial charge in [-0.3, -0.25) is 14.6 Å². The molecule has 3 aromatic rings. The highest BCUT2D eigenvalue weighted by atomic mass is 35.5. The van der Waals surface area contributed by atoms with Crippen LogP contribution in [-0.2, 0) is 13.1 Å². The van der Waals surface area contributed by atoms with Gasteiger partial charge in [0.25, 0.3) is 5.91 Å². The molecule has 0 fully saturated rings. The molecule has 8 heteroatoms.